The number of ether oxygens (including phenoxy) is 1. The summed E-state index contributed by atoms with van der Waals surface area (Å²) in [6, 6.07) is 10.4. The Bertz CT molecular complexity index is 482. The Hall–Kier alpha value is -0.970. The molecule has 1 aromatic carbocycles. The Labute approximate surface area is 116 Å². The van der Waals surface area contributed by atoms with Gasteiger partial charge in [0.05, 0.1) is 12.4 Å². The normalized spacial score (nSPS) is 14.2. The van der Waals surface area contributed by atoms with Crippen LogP contribution in [0.5, 0.6) is 5.75 Å². The molecule has 96 valence electrons. The van der Waals surface area contributed by atoms with Crippen LogP contribution in [0.15, 0.2) is 46.0 Å². The molecule has 4 heteroatoms. The topological polar surface area (TPSA) is 35.2 Å². The predicted octanol–water partition coefficient (Wildman–Crippen LogP) is 3.94. The molecule has 0 spiro atoms. The molecule has 0 fully saturated rings. The molecular formula is C14H17NOS2. The summed E-state index contributed by atoms with van der Waals surface area (Å²) in [5, 5.41) is 4.54. The van der Waals surface area contributed by atoms with Crippen molar-refractivity contribution >= 4 is 23.1 Å². The van der Waals surface area contributed by atoms with Gasteiger partial charge in [0.1, 0.15) is 5.75 Å². The first-order valence-corrected chi connectivity index (χ1v) is 7.61. The molecule has 0 aliphatic carbocycles. The molecule has 0 amide bonds. The molecule has 2 nitrogen and oxygen atoms in total. The van der Waals surface area contributed by atoms with E-state index in [1.807, 2.05) is 18.2 Å². The Morgan fingerprint density at radius 2 is 2.17 bits per heavy atom. The van der Waals surface area contributed by atoms with Gasteiger partial charge in [0.2, 0.25) is 0 Å². The predicted molar refractivity (Wildman–Crippen MR) is 79.6 cm³/mol. The van der Waals surface area contributed by atoms with Crippen LogP contribution in [0.3, 0.4) is 0 Å². The van der Waals surface area contributed by atoms with Crippen molar-refractivity contribution in [1.29, 1.82) is 0 Å². The summed E-state index contributed by atoms with van der Waals surface area (Å²) in [6.45, 7) is 2.05. The first-order valence-electron chi connectivity index (χ1n) is 5.79. The van der Waals surface area contributed by atoms with E-state index >= 15 is 0 Å². The highest BCUT2D eigenvalue weighted by Gasteiger charge is 2.18. The van der Waals surface area contributed by atoms with Gasteiger partial charge in [-0.3, -0.25) is 0 Å². The number of methoxy groups -OCH3 is 1. The van der Waals surface area contributed by atoms with E-state index in [1.54, 1.807) is 30.2 Å². The molecule has 0 aliphatic heterocycles. The molecule has 0 saturated carbocycles. The highest BCUT2D eigenvalue weighted by molar-refractivity contribution is 7.99. The van der Waals surface area contributed by atoms with Gasteiger partial charge in [-0.1, -0.05) is 6.07 Å². The summed E-state index contributed by atoms with van der Waals surface area (Å²) in [5.74, 6) is 0.883. The summed E-state index contributed by atoms with van der Waals surface area (Å²) in [5.41, 5.74) is 7.39. The molecule has 0 radical (unpaired) electrons. The zero-order chi connectivity index (χ0) is 13.0. The van der Waals surface area contributed by atoms with Crippen LogP contribution in [-0.4, -0.2) is 13.2 Å². The lowest BCUT2D eigenvalue weighted by Crippen LogP contribution is -2.22. The number of thioether (sulfide) groups is 1. The van der Waals surface area contributed by atoms with Gasteiger partial charge in [0.25, 0.3) is 0 Å². The maximum Gasteiger partial charge on any atom is 0.119 e. The summed E-state index contributed by atoms with van der Waals surface area (Å²) in [7, 11) is 1.69. The van der Waals surface area contributed by atoms with E-state index in [9.17, 15) is 0 Å². The number of hydrogen-bond acceptors (Lipinski definition) is 4. The fourth-order valence-electron chi connectivity index (χ4n) is 1.74. The van der Waals surface area contributed by atoms with E-state index in [0.717, 1.165) is 5.75 Å². The largest absolute Gasteiger partial charge is 0.497 e. The van der Waals surface area contributed by atoms with Gasteiger partial charge in [-0.25, -0.2) is 0 Å². The van der Waals surface area contributed by atoms with E-state index < -0.39 is 0 Å². The van der Waals surface area contributed by atoms with Gasteiger partial charge in [0, 0.05) is 10.9 Å². The monoisotopic (exact) mass is 279 g/mol. The maximum absolute atomic E-state index is 6.10. The number of benzene rings is 1. The molecule has 2 rings (SSSR count). The minimum absolute atomic E-state index is 0.107. The molecule has 0 saturated heterocycles. The lowest BCUT2D eigenvalue weighted by molar-refractivity contribution is 0.413. The smallest absolute Gasteiger partial charge is 0.119 e. The summed E-state index contributed by atoms with van der Waals surface area (Å²) in [4.78, 5) is 1.18. The second-order valence-electron chi connectivity index (χ2n) is 4.13. The van der Waals surface area contributed by atoms with Crippen LogP contribution in [0.4, 0.5) is 0 Å². The molecule has 1 aromatic heterocycles. The fourth-order valence-corrected chi connectivity index (χ4v) is 3.65. The third-order valence-electron chi connectivity index (χ3n) is 2.65. The van der Waals surface area contributed by atoms with Crippen LogP contribution in [0.25, 0.3) is 0 Å². The average molecular weight is 279 g/mol. The highest BCUT2D eigenvalue weighted by atomic mass is 32.2. The lowest BCUT2D eigenvalue weighted by Gasteiger charge is -2.19. The summed E-state index contributed by atoms with van der Waals surface area (Å²) < 4.78 is 5.25. The van der Waals surface area contributed by atoms with Crippen molar-refractivity contribution in [2.24, 2.45) is 5.73 Å². The summed E-state index contributed by atoms with van der Waals surface area (Å²) >= 11 is 3.50. The molecule has 2 atom stereocenters. The van der Waals surface area contributed by atoms with Gasteiger partial charge in [-0.2, -0.15) is 11.3 Å². The van der Waals surface area contributed by atoms with E-state index in [4.69, 9.17) is 10.5 Å². The Morgan fingerprint density at radius 1 is 1.33 bits per heavy atom. The first-order chi connectivity index (χ1) is 8.70. The Balaban J connectivity index is 2.18. The molecule has 2 N–H and O–H groups in total. The van der Waals surface area contributed by atoms with E-state index in [0.29, 0.717) is 0 Å². The second kappa shape index (κ2) is 6.27. The maximum atomic E-state index is 6.10. The SMILES string of the molecule is COc1cccc(SC(c2ccsc2)C(C)N)c1. The first kappa shape index (κ1) is 13.5. The molecule has 1 heterocycles. The molecule has 2 aromatic rings. The van der Waals surface area contributed by atoms with Gasteiger partial charge in [0.15, 0.2) is 0 Å². The fraction of sp³-hybridized carbons (Fsp3) is 0.286. The van der Waals surface area contributed by atoms with Gasteiger partial charge in [-0.05, 0) is 47.5 Å². The van der Waals surface area contributed by atoms with Crippen LogP contribution >= 0.6 is 23.1 Å². The highest BCUT2D eigenvalue weighted by Crippen LogP contribution is 2.38. The van der Waals surface area contributed by atoms with Crippen molar-refractivity contribution in [3.8, 4) is 5.75 Å². The minimum Gasteiger partial charge on any atom is -0.497 e. The molecule has 2 unspecified atom stereocenters. The van der Waals surface area contributed by atoms with Crippen molar-refractivity contribution in [2.75, 3.05) is 7.11 Å². The van der Waals surface area contributed by atoms with Crippen LogP contribution in [-0.2, 0) is 0 Å². The third kappa shape index (κ3) is 3.28. The molecule has 18 heavy (non-hydrogen) atoms. The molecule has 0 aliphatic rings. The number of nitrogens with two attached hydrogens (primary N) is 1. The van der Waals surface area contributed by atoms with Crippen LogP contribution in [0.1, 0.15) is 17.7 Å². The Morgan fingerprint density at radius 3 is 2.78 bits per heavy atom. The number of rotatable bonds is 5. The van der Waals surface area contributed by atoms with E-state index in [2.05, 4.69) is 29.8 Å². The van der Waals surface area contributed by atoms with Crippen molar-refractivity contribution in [3.63, 3.8) is 0 Å². The molecular weight excluding hydrogens is 262 g/mol. The summed E-state index contributed by atoms with van der Waals surface area (Å²) in [6.07, 6.45) is 0. The molecule has 0 bridgehead atoms. The zero-order valence-corrected chi connectivity index (χ0v) is 12.1. The quantitative estimate of drug-likeness (QED) is 0.842. The van der Waals surface area contributed by atoms with Crippen molar-refractivity contribution < 1.29 is 4.74 Å². The second-order valence-corrected chi connectivity index (χ2v) is 6.13. The Kier molecular flexibility index (Phi) is 4.69. The van der Waals surface area contributed by atoms with Crippen LogP contribution < -0.4 is 10.5 Å². The van der Waals surface area contributed by atoms with Gasteiger partial charge in [-0.15, -0.1) is 11.8 Å². The van der Waals surface area contributed by atoms with E-state index in [-0.39, 0.29) is 11.3 Å². The van der Waals surface area contributed by atoms with Crippen molar-refractivity contribution in [1.82, 2.24) is 0 Å². The third-order valence-corrected chi connectivity index (χ3v) is 4.84. The van der Waals surface area contributed by atoms with Gasteiger partial charge >= 0.3 is 0 Å². The van der Waals surface area contributed by atoms with E-state index in [1.165, 1.54) is 10.5 Å². The van der Waals surface area contributed by atoms with Crippen LogP contribution in [0.2, 0.25) is 0 Å². The van der Waals surface area contributed by atoms with Gasteiger partial charge < -0.3 is 10.5 Å². The van der Waals surface area contributed by atoms with Crippen LogP contribution in [0, 0.1) is 0 Å². The zero-order valence-electron chi connectivity index (χ0n) is 10.5. The number of thiophene rings is 1. The average Bonchev–Trinajstić information content (AvgIpc) is 2.89. The lowest BCUT2D eigenvalue weighted by atomic mass is 10.1. The standard InChI is InChI=1S/C14H17NOS2/c1-10(15)14(11-6-7-17-9-11)18-13-5-3-4-12(8-13)16-2/h3-10,14H,15H2,1-2H3. The minimum atomic E-state index is 0.107. The van der Waals surface area contributed by atoms with Crippen molar-refractivity contribution in [3.05, 3.63) is 46.7 Å². The number of hydrogen-bond donors (Lipinski definition) is 1. The van der Waals surface area contributed by atoms with Crippen molar-refractivity contribution in [2.45, 2.75) is 23.1 Å².